The van der Waals surface area contributed by atoms with Crippen molar-refractivity contribution >= 4 is 11.9 Å². The first-order valence-electron chi connectivity index (χ1n) is 10.7. The van der Waals surface area contributed by atoms with Crippen molar-refractivity contribution in [2.75, 3.05) is 0 Å². The van der Waals surface area contributed by atoms with E-state index in [1.165, 1.54) is 0 Å². The maximum atomic E-state index is 13.5. The van der Waals surface area contributed by atoms with E-state index in [9.17, 15) is 19.8 Å². The third-order valence-electron chi connectivity index (χ3n) is 9.43. The molecule has 6 fully saturated rings. The van der Waals surface area contributed by atoms with Gasteiger partial charge in [0.15, 0.2) is 6.10 Å². The van der Waals surface area contributed by atoms with Crippen molar-refractivity contribution in [3.05, 3.63) is 12.7 Å². The van der Waals surface area contributed by atoms with Crippen LogP contribution in [0.2, 0.25) is 0 Å². The molecule has 11 atom stereocenters. The topological polar surface area (TPSA) is 112 Å². The molecule has 164 valence electrons. The highest BCUT2D eigenvalue weighted by molar-refractivity contribution is 5.91. The van der Waals surface area contributed by atoms with Gasteiger partial charge in [-0.15, -0.1) is 6.58 Å². The molecule has 0 bridgehead atoms. The van der Waals surface area contributed by atoms with Gasteiger partial charge < -0.3 is 29.2 Å². The normalized spacial score (nSPS) is 60.1. The Labute approximate surface area is 174 Å². The van der Waals surface area contributed by atoms with E-state index in [2.05, 4.69) is 6.58 Å². The molecular weight excluding hydrogens is 392 g/mol. The van der Waals surface area contributed by atoms with E-state index in [-0.39, 0.29) is 17.8 Å². The quantitative estimate of drug-likeness (QED) is 0.471. The van der Waals surface area contributed by atoms with Crippen LogP contribution in [0, 0.1) is 28.1 Å². The van der Waals surface area contributed by atoms with E-state index in [0.717, 1.165) is 0 Å². The number of hydrogen-bond acceptors (Lipinski definition) is 8. The summed E-state index contributed by atoms with van der Waals surface area (Å²) >= 11 is 0. The van der Waals surface area contributed by atoms with Gasteiger partial charge in [-0.25, -0.2) is 9.59 Å². The predicted octanol–water partition coefficient (Wildman–Crippen LogP) is 0.688. The number of hydrogen-bond donors (Lipinski definition) is 2. The summed E-state index contributed by atoms with van der Waals surface area (Å²) in [6.45, 7) is 11.7. The van der Waals surface area contributed by atoms with Crippen LogP contribution in [0.5, 0.6) is 0 Å². The summed E-state index contributed by atoms with van der Waals surface area (Å²) in [6.07, 6.45) is -2.03. The van der Waals surface area contributed by atoms with Crippen molar-refractivity contribution in [2.45, 2.75) is 82.4 Å². The van der Waals surface area contributed by atoms with E-state index in [0.29, 0.717) is 6.42 Å². The van der Waals surface area contributed by atoms with Gasteiger partial charge in [-0.2, -0.15) is 0 Å². The number of carbonyl (C=O) groups excluding carboxylic acids is 2. The van der Waals surface area contributed by atoms with Crippen LogP contribution >= 0.6 is 0 Å². The number of aliphatic hydroxyl groups excluding tert-OH is 1. The molecule has 8 nitrogen and oxygen atoms in total. The number of esters is 2. The van der Waals surface area contributed by atoms with Gasteiger partial charge in [0.2, 0.25) is 11.9 Å². The van der Waals surface area contributed by atoms with Crippen LogP contribution in [0.3, 0.4) is 0 Å². The lowest BCUT2D eigenvalue weighted by Crippen LogP contribution is -2.66. The second kappa shape index (κ2) is 4.95. The molecular formula is C22H28O8. The van der Waals surface area contributed by atoms with E-state index in [4.69, 9.17) is 18.9 Å². The fraction of sp³-hybridized carbons (Fsp3) is 0.818. The van der Waals surface area contributed by atoms with Crippen molar-refractivity contribution in [3.8, 4) is 0 Å². The standard InChI is InChI=1S/C22H28O8/c1-6-10-9(2)21(26)13(27-10)8-19-12-7-11(18(3,4)5)20(19)14(23)15(24)29-17(20)30-22(19,21)16(25)28-12/h6,9-14,17,23,26H,1,7-8H2,2-5H3/t9-,10?,11+,12?,13?,14+,17?,19?,20?,21-,22?/m1/s1. The molecule has 4 heterocycles. The van der Waals surface area contributed by atoms with Gasteiger partial charge in [0, 0.05) is 5.92 Å². The minimum absolute atomic E-state index is 0.232. The van der Waals surface area contributed by atoms with Crippen LogP contribution in [-0.4, -0.2) is 64.1 Å². The molecule has 4 saturated heterocycles. The maximum absolute atomic E-state index is 13.5. The molecule has 0 amide bonds. The first-order chi connectivity index (χ1) is 13.9. The molecule has 0 radical (unpaired) electrons. The van der Waals surface area contributed by atoms with Crippen molar-refractivity contribution in [2.24, 2.45) is 28.1 Å². The fourth-order valence-electron chi connectivity index (χ4n) is 8.51. The third-order valence-corrected chi connectivity index (χ3v) is 9.43. The molecule has 4 aliphatic heterocycles. The lowest BCUT2D eigenvalue weighted by atomic mass is 9.51. The van der Waals surface area contributed by atoms with E-state index in [1.54, 1.807) is 6.08 Å². The Kier molecular flexibility index (Phi) is 3.17. The summed E-state index contributed by atoms with van der Waals surface area (Å²) in [4.78, 5) is 26.1. The minimum Gasteiger partial charge on any atom is -0.459 e. The molecule has 2 saturated carbocycles. The average molecular weight is 420 g/mol. The monoisotopic (exact) mass is 420 g/mol. The molecule has 0 aromatic carbocycles. The van der Waals surface area contributed by atoms with Gasteiger partial charge in [0.25, 0.3) is 0 Å². The Hall–Kier alpha value is -1.48. The Morgan fingerprint density at radius 1 is 1.20 bits per heavy atom. The Bertz CT molecular complexity index is 894. The van der Waals surface area contributed by atoms with Gasteiger partial charge in [0.05, 0.1) is 23.0 Å². The molecule has 6 rings (SSSR count). The molecule has 2 aliphatic carbocycles. The number of aliphatic hydroxyl groups is 2. The van der Waals surface area contributed by atoms with Crippen molar-refractivity contribution in [1.82, 2.24) is 0 Å². The lowest BCUT2D eigenvalue weighted by molar-refractivity contribution is -0.238. The average Bonchev–Trinajstić information content (AvgIpc) is 3.36. The molecule has 8 heteroatoms. The highest BCUT2D eigenvalue weighted by Gasteiger charge is 3.00. The van der Waals surface area contributed by atoms with Crippen LogP contribution in [0.1, 0.15) is 40.5 Å². The van der Waals surface area contributed by atoms with Gasteiger partial charge >= 0.3 is 11.9 Å². The SMILES string of the molecule is C=CC1OC2CC34C5C[C@@H](C(C)(C)C)C36C(OC(=O)[C@@H]6O)OC4(C(=O)O5)[C@@]2(O)[C@@H]1C. The third kappa shape index (κ3) is 1.44. The van der Waals surface area contributed by atoms with Gasteiger partial charge in [-0.05, 0) is 24.2 Å². The molecule has 0 aromatic rings. The Balaban J connectivity index is 1.66. The Morgan fingerprint density at radius 2 is 1.90 bits per heavy atom. The Morgan fingerprint density at radius 3 is 2.53 bits per heavy atom. The molecule has 2 spiro atoms. The predicted molar refractivity (Wildman–Crippen MR) is 99.6 cm³/mol. The summed E-state index contributed by atoms with van der Waals surface area (Å²) in [5, 5.41) is 23.4. The summed E-state index contributed by atoms with van der Waals surface area (Å²) in [6, 6.07) is 0. The van der Waals surface area contributed by atoms with E-state index in [1.807, 2.05) is 27.7 Å². The number of ether oxygens (including phenoxy) is 4. The number of rotatable bonds is 1. The summed E-state index contributed by atoms with van der Waals surface area (Å²) < 4.78 is 23.9. The lowest BCUT2D eigenvalue weighted by Gasteiger charge is -2.47. The molecule has 30 heavy (non-hydrogen) atoms. The van der Waals surface area contributed by atoms with Crippen LogP contribution in [0.15, 0.2) is 12.7 Å². The van der Waals surface area contributed by atoms with Crippen LogP contribution in [0.25, 0.3) is 0 Å². The summed E-state index contributed by atoms with van der Waals surface area (Å²) in [5.74, 6) is -2.13. The number of fused-ring (bicyclic) bond motifs is 1. The summed E-state index contributed by atoms with van der Waals surface area (Å²) in [7, 11) is 0. The molecule has 6 aliphatic rings. The summed E-state index contributed by atoms with van der Waals surface area (Å²) in [5.41, 5.74) is -6.11. The second-order valence-electron chi connectivity index (χ2n) is 11.1. The molecule has 0 aromatic heterocycles. The first-order valence-corrected chi connectivity index (χ1v) is 10.7. The van der Waals surface area contributed by atoms with Crippen molar-refractivity contribution in [1.29, 1.82) is 0 Å². The zero-order valence-electron chi connectivity index (χ0n) is 17.6. The van der Waals surface area contributed by atoms with Crippen molar-refractivity contribution in [3.63, 3.8) is 0 Å². The van der Waals surface area contributed by atoms with Gasteiger partial charge in [0.1, 0.15) is 11.7 Å². The number of carbonyl (C=O) groups is 2. The van der Waals surface area contributed by atoms with Crippen LogP contribution in [-0.2, 0) is 28.5 Å². The van der Waals surface area contributed by atoms with Gasteiger partial charge in [-0.1, -0.05) is 33.8 Å². The fourth-order valence-corrected chi connectivity index (χ4v) is 8.51. The van der Waals surface area contributed by atoms with Crippen molar-refractivity contribution < 1.29 is 38.7 Å². The van der Waals surface area contributed by atoms with E-state index >= 15 is 0 Å². The minimum atomic E-state index is -1.77. The molecule has 2 N–H and O–H groups in total. The second-order valence-corrected chi connectivity index (χ2v) is 11.1. The molecule has 7 unspecified atom stereocenters. The maximum Gasteiger partial charge on any atom is 0.342 e. The zero-order chi connectivity index (χ0) is 21.6. The highest BCUT2D eigenvalue weighted by atomic mass is 16.8. The highest BCUT2D eigenvalue weighted by Crippen LogP contribution is 2.84. The largest absolute Gasteiger partial charge is 0.459 e. The zero-order valence-corrected chi connectivity index (χ0v) is 17.6. The van der Waals surface area contributed by atoms with Gasteiger partial charge in [-0.3, -0.25) is 0 Å². The van der Waals surface area contributed by atoms with Crippen LogP contribution < -0.4 is 0 Å². The van der Waals surface area contributed by atoms with E-state index < -0.39 is 70.6 Å². The first kappa shape index (κ1) is 19.2. The van der Waals surface area contributed by atoms with Crippen LogP contribution in [0.4, 0.5) is 0 Å². The smallest absolute Gasteiger partial charge is 0.342 e.